The average Bonchev–Trinajstić information content (AvgIpc) is 2.94. The van der Waals surface area contributed by atoms with Crippen molar-refractivity contribution in [2.75, 3.05) is 13.1 Å². The van der Waals surface area contributed by atoms with Gasteiger partial charge in [0.05, 0.1) is 12.1 Å². The maximum atomic E-state index is 13.7. The molecule has 5 heteroatoms. The number of hydrogen-bond acceptors (Lipinski definition) is 3. The molecule has 1 aromatic heterocycles. The van der Waals surface area contributed by atoms with Crippen LogP contribution in [0.1, 0.15) is 23.1 Å². The van der Waals surface area contributed by atoms with E-state index in [2.05, 4.69) is 14.5 Å². The Balaban J connectivity index is 1.66. The van der Waals surface area contributed by atoms with Crippen molar-refractivity contribution < 1.29 is 9.18 Å². The molecule has 110 valence electrons. The van der Waals surface area contributed by atoms with Gasteiger partial charge in [-0.2, -0.15) is 0 Å². The van der Waals surface area contributed by atoms with Gasteiger partial charge in [-0.1, -0.05) is 19.1 Å². The van der Waals surface area contributed by atoms with Crippen LogP contribution in [0.4, 0.5) is 4.39 Å². The van der Waals surface area contributed by atoms with Crippen molar-refractivity contribution in [3.05, 3.63) is 53.9 Å². The summed E-state index contributed by atoms with van der Waals surface area (Å²) in [6.07, 6.45) is 3.77. The van der Waals surface area contributed by atoms with Crippen LogP contribution in [0.3, 0.4) is 0 Å². The Morgan fingerprint density at radius 3 is 3.00 bits per heavy atom. The highest BCUT2D eigenvalue weighted by atomic mass is 19.1. The number of imidazole rings is 1. The lowest BCUT2D eigenvalue weighted by atomic mass is 9.98. The normalized spacial score (nSPS) is 16.5. The van der Waals surface area contributed by atoms with Gasteiger partial charge in [0.2, 0.25) is 0 Å². The molecule has 0 aliphatic carbocycles. The third-order valence-corrected chi connectivity index (χ3v) is 3.94. The van der Waals surface area contributed by atoms with Crippen molar-refractivity contribution in [1.29, 1.82) is 0 Å². The molecule has 0 N–H and O–H groups in total. The van der Waals surface area contributed by atoms with Gasteiger partial charge in [0.25, 0.3) is 0 Å². The molecule has 2 heterocycles. The largest absolute Gasteiger partial charge is 0.333 e. The first kappa shape index (κ1) is 13.9. The molecule has 0 fully saturated rings. The molecule has 0 radical (unpaired) electrons. The number of Topliss-reactive ketones (excluding diaryl/α,β-unsaturated/α-hetero) is 1. The zero-order chi connectivity index (χ0) is 14.8. The fraction of sp³-hybridized carbons (Fsp3) is 0.375. The van der Waals surface area contributed by atoms with Crippen LogP contribution in [0, 0.1) is 11.7 Å². The van der Waals surface area contributed by atoms with Crippen molar-refractivity contribution in [3.8, 4) is 0 Å². The first-order chi connectivity index (χ1) is 10.1. The Labute approximate surface area is 123 Å². The summed E-state index contributed by atoms with van der Waals surface area (Å²) < 4.78 is 15.8. The number of rotatable bonds is 4. The Bertz CT molecular complexity index is 652. The average molecular weight is 287 g/mol. The molecule has 4 nitrogen and oxygen atoms in total. The molecule has 1 atom stereocenters. The van der Waals surface area contributed by atoms with E-state index in [1.807, 2.05) is 13.1 Å². The Kier molecular flexibility index (Phi) is 3.84. The standard InChI is InChI=1S/C16H18FN3O/c1-12(16(21)13-4-2-3-5-14(13)17)10-19-8-9-20-7-6-18-15(20)11-19/h2-7,12H,8-11H2,1H3. The van der Waals surface area contributed by atoms with Gasteiger partial charge in [0.1, 0.15) is 11.6 Å². The number of carbonyl (C=O) groups is 1. The van der Waals surface area contributed by atoms with E-state index in [1.54, 1.807) is 24.4 Å². The van der Waals surface area contributed by atoms with Gasteiger partial charge in [-0.15, -0.1) is 0 Å². The maximum absolute atomic E-state index is 13.7. The van der Waals surface area contributed by atoms with Gasteiger partial charge >= 0.3 is 0 Å². The van der Waals surface area contributed by atoms with Crippen LogP contribution < -0.4 is 0 Å². The van der Waals surface area contributed by atoms with E-state index in [9.17, 15) is 9.18 Å². The lowest BCUT2D eigenvalue weighted by Gasteiger charge is -2.29. The monoisotopic (exact) mass is 287 g/mol. The lowest BCUT2D eigenvalue weighted by molar-refractivity contribution is 0.0873. The fourth-order valence-corrected chi connectivity index (χ4v) is 2.78. The Hall–Kier alpha value is -2.01. The first-order valence-electron chi connectivity index (χ1n) is 7.16. The second kappa shape index (κ2) is 5.77. The summed E-state index contributed by atoms with van der Waals surface area (Å²) in [5.74, 6) is 0.209. The summed E-state index contributed by atoms with van der Waals surface area (Å²) in [7, 11) is 0. The number of aromatic nitrogens is 2. The molecule has 21 heavy (non-hydrogen) atoms. The second-order valence-electron chi connectivity index (χ2n) is 5.52. The molecule has 0 saturated carbocycles. The highest BCUT2D eigenvalue weighted by Gasteiger charge is 2.23. The van der Waals surface area contributed by atoms with Crippen LogP contribution in [0.2, 0.25) is 0 Å². The minimum absolute atomic E-state index is 0.137. The van der Waals surface area contributed by atoms with Crippen molar-refractivity contribution in [2.45, 2.75) is 20.0 Å². The first-order valence-corrected chi connectivity index (χ1v) is 7.16. The van der Waals surface area contributed by atoms with Crippen molar-refractivity contribution in [3.63, 3.8) is 0 Å². The molecule has 1 aliphatic heterocycles. The molecule has 0 amide bonds. The minimum atomic E-state index is -0.441. The molecular weight excluding hydrogens is 269 g/mol. The van der Waals surface area contributed by atoms with Crippen LogP contribution in [0.25, 0.3) is 0 Å². The van der Waals surface area contributed by atoms with E-state index < -0.39 is 5.82 Å². The summed E-state index contributed by atoms with van der Waals surface area (Å²) in [6, 6.07) is 6.18. The molecule has 2 aromatic rings. The van der Waals surface area contributed by atoms with Gasteiger partial charge in [-0.05, 0) is 12.1 Å². The van der Waals surface area contributed by atoms with Gasteiger partial charge in [-0.3, -0.25) is 9.69 Å². The summed E-state index contributed by atoms with van der Waals surface area (Å²) in [5, 5.41) is 0. The summed E-state index contributed by atoms with van der Waals surface area (Å²) in [5.41, 5.74) is 0.184. The van der Waals surface area contributed by atoms with E-state index >= 15 is 0 Å². The fourth-order valence-electron chi connectivity index (χ4n) is 2.78. The third kappa shape index (κ3) is 2.88. The Morgan fingerprint density at radius 1 is 1.38 bits per heavy atom. The van der Waals surface area contributed by atoms with E-state index in [1.165, 1.54) is 6.07 Å². The zero-order valence-corrected chi connectivity index (χ0v) is 12.0. The second-order valence-corrected chi connectivity index (χ2v) is 5.52. The smallest absolute Gasteiger partial charge is 0.169 e. The Morgan fingerprint density at radius 2 is 2.19 bits per heavy atom. The minimum Gasteiger partial charge on any atom is -0.333 e. The number of benzene rings is 1. The quantitative estimate of drug-likeness (QED) is 0.810. The van der Waals surface area contributed by atoms with E-state index in [-0.39, 0.29) is 17.3 Å². The number of carbonyl (C=O) groups excluding carboxylic acids is 1. The van der Waals surface area contributed by atoms with E-state index in [4.69, 9.17) is 0 Å². The van der Waals surface area contributed by atoms with Crippen LogP contribution >= 0.6 is 0 Å². The van der Waals surface area contributed by atoms with Gasteiger partial charge in [0.15, 0.2) is 5.78 Å². The lowest BCUT2D eigenvalue weighted by Crippen LogP contribution is -2.38. The molecule has 0 bridgehead atoms. The van der Waals surface area contributed by atoms with Crippen molar-refractivity contribution in [2.24, 2.45) is 5.92 Å². The summed E-state index contributed by atoms with van der Waals surface area (Å²) in [6.45, 7) is 4.99. The van der Waals surface area contributed by atoms with Crippen molar-refractivity contribution >= 4 is 5.78 Å². The number of fused-ring (bicyclic) bond motifs is 1. The SMILES string of the molecule is CC(CN1CCn2ccnc2C1)C(=O)c1ccccc1F. The molecule has 1 aromatic carbocycles. The number of nitrogens with zero attached hydrogens (tertiary/aromatic N) is 3. The van der Waals surface area contributed by atoms with E-state index in [0.29, 0.717) is 6.54 Å². The third-order valence-electron chi connectivity index (χ3n) is 3.94. The van der Waals surface area contributed by atoms with Gasteiger partial charge < -0.3 is 4.57 Å². The molecule has 1 aliphatic rings. The van der Waals surface area contributed by atoms with Gasteiger partial charge in [-0.25, -0.2) is 9.37 Å². The highest BCUT2D eigenvalue weighted by Crippen LogP contribution is 2.17. The van der Waals surface area contributed by atoms with E-state index in [0.717, 1.165) is 25.5 Å². The highest BCUT2D eigenvalue weighted by molar-refractivity contribution is 5.98. The van der Waals surface area contributed by atoms with Crippen molar-refractivity contribution in [1.82, 2.24) is 14.5 Å². The van der Waals surface area contributed by atoms with Crippen LogP contribution in [0.15, 0.2) is 36.7 Å². The van der Waals surface area contributed by atoms with Crippen LogP contribution in [-0.4, -0.2) is 33.3 Å². The van der Waals surface area contributed by atoms with Crippen LogP contribution in [0.5, 0.6) is 0 Å². The molecule has 0 spiro atoms. The summed E-state index contributed by atoms with van der Waals surface area (Å²) in [4.78, 5) is 18.9. The number of ketones is 1. The summed E-state index contributed by atoms with van der Waals surface area (Å²) >= 11 is 0. The molecule has 3 rings (SSSR count). The zero-order valence-electron chi connectivity index (χ0n) is 12.0. The molecular formula is C16H18FN3O. The molecule has 0 saturated heterocycles. The molecule has 1 unspecified atom stereocenters. The predicted octanol–water partition coefficient (Wildman–Crippen LogP) is 2.36. The maximum Gasteiger partial charge on any atom is 0.169 e. The van der Waals surface area contributed by atoms with Crippen LogP contribution in [-0.2, 0) is 13.1 Å². The van der Waals surface area contributed by atoms with Gasteiger partial charge in [0, 0.05) is 37.9 Å². The topological polar surface area (TPSA) is 38.1 Å². The predicted molar refractivity (Wildman–Crippen MR) is 77.4 cm³/mol. The number of halogens is 1. The number of hydrogen-bond donors (Lipinski definition) is 0.